The van der Waals surface area contributed by atoms with E-state index in [-0.39, 0.29) is 23.7 Å². The summed E-state index contributed by atoms with van der Waals surface area (Å²) in [4.78, 5) is 28.1. The predicted molar refractivity (Wildman–Crippen MR) is 117 cm³/mol. The third-order valence-electron chi connectivity index (χ3n) is 5.66. The standard InChI is InChI=1S/C24H25FN2O2S/c25-19-12-10-18(11-13-19)16-27-20-8-4-5-9-21(20)30-22(24(27)29)14-23(28)26-15-17-6-2-1-3-7-17/h1-3,6-7,10-14,20-21H,4-5,8-9,15-16H2,(H,26,28)/b22-14+. The van der Waals surface area contributed by atoms with Gasteiger partial charge in [0, 0.05) is 30.5 Å². The van der Waals surface area contributed by atoms with Crippen LogP contribution in [0.1, 0.15) is 36.8 Å². The van der Waals surface area contributed by atoms with Crippen LogP contribution in [-0.2, 0) is 22.7 Å². The minimum Gasteiger partial charge on any atom is -0.348 e. The van der Waals surface area contributed by atoms with Crippen LogP contribution >= 0.6 is 11.8 Å². The molecule has 0 radical (unpaired) electrons. The predicted octanol–water partition coefficient (Wildman–Crippen LogP) is 4.41. The summed E-state index contributed by atoms with van der Waals surface area (Å²) in [7, 11) is 0. The number of carbonyl (C=O) groups is 2. The van der Waals surface area contributed by atoms with Crippen molar-refractivity contribution in [2.75, 3.05) is 0 Å². The van der Waals surface area contributed by atoms with Gasteiger partial charge in [-0.05, 0) is 36.1 Å². The first-order valence-electron chi connectivity index (χ1n) is 10.4. The molecule has 2 aromatic carbocycles. The molecule has 1 N–H and O–H groups in total. The first-order valence-corrected chi connectivity index (χ1v) is 11.2. The first kappa shape index (κ1) is 20.7. The Morgan fingerprint density at radius 3 is 2.57 bits per heavy atom. The maximum atomic E-state index is 13.3. The molecular formula is C24H25FN2O2S. The summed E-state index contributed by atoms with van der Waals surface area (Å²) >= 11 is 1.54. The molecule has 30 heavy (non-hydrogen) atoms. The SMILES string of the molecule is O=C(/C=C1/SC2CCCCC2N(Cc2ccc(F)cc2)C1=O)NCc1ccccc1. The van der Waals surface area contributed by atoms with Crippen LogP contribution < -0.4 is 5.32 Å². The minimum absolute atomic E-state index is 0.109. The smallest absolute Gasteiger partial charge is 0.261 e. The molecule has 2 atom stereocenters. The highest BCUT2D eigenvalue weighted by molar-refractivity contribution is 8.04. The molecule has 2 fully saturated rings. The van der Waals surface area contributed by atoms with Crippen molar-refractivity contribution < 1.29 is 14.0 Å². The maximum Gasteiger partial charge on any atom is 0.261 e. The van der Waals surface area contributed by atoms with Crippen molar-refractivity contribution in [2.45, 2.75) is 50.1 Å². The normalized spacial score (nSPS) is 22.6. The van der Waals surface area contributed by atoms with Gasteiger partial charge in [-0.15, -0.1) is 11.8 Å². The number of rotatable bonds is 5. The van der Waals surface area contributed by atoms with Gasteiger partial charge >= 0.3 is 0 Å². The fraction of sp³-hybridized carbons (Fsp3) is 0.333. The van der Waals surface area contributed by atoms with Crippen molar-refractivity contribution >= 4 is 23.6 Å². The lowest BCUT2D eigenvalue weighted by molar-refractivity contribution is -0.130. The zero-order valence-corrected chi connectivity index (χ0v) is 17.5. The second-order valence-corrected chi connectivity index (χ2v) is 9.06. The highest BCUT2D eigenvalue weighted by Gasteiger charge is 2.40. The van der Waals surface area contributed by atoms with E-state index in [1.54, 1.807) is 12.1 Å². The number of nitrogens with one attached hydrogen (secondary N) is 1. The van der Waals surface area contributed by atoms with Gasteiger partial charge in [0.2, 0.25) is 5.91 Å². The van der Waals surface area contributed by atoms with Crippen molar-refractivity contribution in [1.29, 1.82) is 0 Å². The van der Waals surface area contributed by atoms with E-state index >= 15 is 0 Å². The molecule has 6 heteroatoms. The van der Waals surface area contributed by atoms with Gasteiger partial charge in [-0.3, -0.25) is 9.59 Å². The van der Waals surface area contributed by atoms with E-state index in [2.05, 4.69) is 5.32 Å². The average Bonchev–Trinajstić information content (AvgIpc) is 2.77. The number of fused-ring (bicyclic) bond motifs is 1. The van der Waals surface area contributed by atoms with Crippen LogP contribution in [0, 0.1) is 5.82 Å². The fourth-order valence-electron chi connectivity index (χ4n) is 4.10. The van der Waals surface area contributed by atoms with E-state index in [9.17, 15) is 14.0 Å². The summed E-state index contributed by atoms with van der Waals surface area (Å²) in [6.07, 6.45) is 5.69. The van der Waals surface area contributed by atoms with Gasteiger partial charge in [-0.25, -0.2) is 4.39 Å². The number of hydrogen-bond donors (Lipinski definition) is 1. The first-order chi connectivity index (χ1) is 14.6. The molecule has 0 spiro atoms. The van der Waals surface area contributed by atoms with Crippen LogP contribution in [0.4, 0.5) is 4.39 Å². The molecular weight excluding hydrogens is 399 g/mol. The minimum atomic E-state index is -0.287. The number of thioether (sulfide) groups is 1. The summed E-state index contributed by atoms with van der Waals surface area (Å²) in [6.45, 7) is 0.859. The summed E-state index contributed by atoms with van der Waals surface area (Å²) in [6, 6.07) is 16.1. The van der Waals surface area contributed by atoms with Crippen LogP contribution in [0.5, 0.6) is 0 Å². The van der Waals surface area contributed by atoms with Crippen molar-refractivity contribution in [3.63, 3.8) is 0 Å². The zero-order chi connectivity index (χ0) is 20.9. The van der Waals surface area contributed by atoms with Gasteiger partial charge in [0.1, 0.15) is 5.82 Å². The Bertz CT molecular complexity index is 930. The van der Waals surface area contributed by atoms with E-state index < -0.39 is 0 Å². The molecule has 2 aliphatic rings. The fourth-order valence-corrected chi connectivity index (χ4v) is 5.55. The second-order valence-electron chi connectivity index (χ2n) is 7.78. The molecule has 2 amide bonds. The molecule has 0 bridgehead atoms. The Morgan fingerprint density at radius 2 is 1.80 bits per heavy atom. The lowest BCUT2D eigenvalue weighted by Crippen LogP contribution is -2.51. The van der Waals surface area contributed by atoms with Crippen LogP contribution in [-0.4, -0.2) is 28.0 Å². The molecule has 1 heterocycles. The topological polar surface area (TPSA) is 49.4 Å². The van der Waals surface area contributed by atoms with Gasteiger partial charge in [0.15, 0.2) is 0 Å². The van der Waals surface area contributed by atoms with Crippen LogP contribution in [0.3, 0.4) is 0 Å². The summed E-state index contributed by atoms with van der Waals surface area (Å²) in [5, 5.41) is 3.16. The van der Waals surface area contributed by atoms with Gasteiger partial charge < -0.3 is 10.2 Å². The summed E-state index contributed by atoms with van der Waals surface area (Å²) < 4.78 is 13.3. The Hall–Kier alpha value is -2.60. The maximum absolute atomic E-state index is 13.3. The molecule has 4 rings (SSSR count). The van der Waals surface area contributed by atoms with Crippen molar-refractivity contribution in [3.05, 3.63) is 82.5 Å². The van der Waals surface area contributed by atoms with E-state index in [1.807, 2.05) is 35.2 Å². The molecule has 156 valence electrons. The number of nitrogens with zero attached hydrogens (tertiary/aromatic N) is 1. The molecule has 1 saturated heterocycles. The Labute approximate surface area is 180 Å². The molecule has 4 nitrogen and oxygen atoms in total. The monoisotopic (exact) mass is 424 g/mol. The largest absolute Gasteiger partial charge is 0.348 e. The number of amides is 2. The summed E-state index contributed by atoms with van der Waals surface area (Å²) in [5.41, 5.74) is 1.91. The molecule has 2 unspecified atom stereocenters. The Balaban J connectivity index is 1.49. The van der Waals surface area contributed by atoms with Crippen molar-refractivity contribution in [2.24, 2.45) is 0 Å². The quantitative estimate of drug-likeness (QED) is 0.724. The number of benzene rings is 2. The molecule has 1 aliphatic heterocycles. The summed E-state index contributed by atoms with van der Waals surface area (Å²) in [5.74, 6) is -0.654. The second kappa shape index (κ2) is 9.47. The molecule has 2 aromatic rings. The van der Waals surface area contributed by atoms with Gasteiger partial charge in [0.05, 0.1) is 4.91 Å². The Kier molecular flexibility index (Phi) is 6.53. The highest BCUT2D eigenvalue weighted by Crippen LogP contribution is 2.42. The van der Waals surface area contributed by atoms with Crippen LogP contribution in [0.2, 0.25) is 0 Å². The van der Waals surface area contributed by atoms with Crippen molar-refractivity contribution in [1.82, 2.24) is 10.2 Å². The Morgan fingerprint density at radius 1 is 1.07 bits per heavy atom. The van der Waals surface area contributed by atoms with E-state index in [0.717, 1.165) is 36.8 Å². The lowest BCUT2D eigenvalue weighted by atomic mass is 9.92. The zero-order valence-electron chi connectivity index (χ0n) is 16.7. The number of hydrogen-bond acceptors (Lipinski definition) is 3. The van der Waals surface area contributed by atoms with E-state index in [0.29, 0.717) is 23.2 Å². The van der Waals surface area contributed by atoms with Crippen LogP contribution in [0.25, 0.3) is 0 Å². The average molecular weight is 425 g/mol. The van der Waals surface area contributed by atoms with Crippen molar-refractivity contribution in [3.8, 4) is 0 Å². The van der Waals surface area contributed by atoms with Gasteiger partial charge in [-0.2, -0.15) is 0 Å². The van der Waals surface area contributed by atoms with Crippen LogP contribution in [0.15, 0.2) is 65.6 Å². The highest BCUT2D eigenvalue weighted by atomic mass is 32.2. The number of halogens is 1. The van der Waals surface area contributed by atoms with Gasteiger partial charge in [0.25, 0.3) is 5.91 Å². The van der Waals surface area contributed by atoms with E-state index in [1.165, 1.54) is 30.0 Å². The third kappa shape index (κ3) is 4.93. The van der Waals surface area contributed by atoms with Gasteiger partial charge in [-0.1, -0.05) is 55.3 Å². The lowest BCUT2D eigenvalue weighted by Gasteiger charge is -2.44. The molecule has 0 aromatic heterocycles. The molecule has 1 aliphatic carbocycles. The van der Waals surface area contributed by atoms with E-state index in [4.69, 9.17) is 0 Å². The molecule has 1 saturated carbocycles. The third-order valence-corrected chi connectivity index (χ3v) is 7.05. The number of carbonyl (C=O) groups excluding carboxylic acids is 2.